The summed E-state index contributed by atoms with van der Waals surface area (Å²) in [4.78, 5) is 1.38. The van der Waals surface area contributed by atoms with E-state index < -0.39 is 12.7 Å². The fourth-order valence-electron chi connectivity index (χ4n) is 2.41. The van der Waals surface area contributed by atoms with Crippen LogP contribution in [0.1, 0.15) is 40.0 Å². The monoisotopic (exact) mass is 268 g/mol. The Morgan fingerprint density at radius 1 is 1.06 bits per heavy atom. The smallest absolute Gasteiger partial charge is 0.316 e. The molecule has 0 saturated heterocycles. The van der Waals surface area contributed by atoms with Crippen LogP contribution in [-0.2, 0) is 0 Å². The van der Waals surface area contributed by atoms with Crippen molar-refractivity contribution in [3.8, 4) is 0 Å². The highest BCUT2D eigenvalue weighted by Crippen LogP contribution is 2.25. The summed E-state index contributed by atoms with van der Waals surface area (Å²) in [5.74, 6) is 0. The maximum Gasteiger partial charge on any atom is 0.401 e. The molecule has 0 aromatic rings. The van der Waals surface area contributed by atoms with Gasteiger partial charge in [0.25, 0.3) is 0 Å². The first kappa shape index (κ1) is 17.7. The van der Waals surface area contributed by atoms with E-state index >= 15 is 0 Å². The predicted molar refractivity (Wildman–Crippen MR) is 69.7 cm³/mol. The van der Waals surface area contributed by atoms with Crippen LogP contribution in [0.2, 0.25) is 0 Å². The zero-order chi connectivity index (χ0) is 14.2. The molecule has 0 heterocycles. The van der Waals surface area contributed by atoms with Crippen molar-refractivity contribution in [1.82, 2.24) is 10.2 Å². The summed E-state index contributed by atoms with van der Waals surface area (Å²) in [6.45, 7) is 7.55. The van der Waals surface area contributed by atoms with Gasteiger partial charge in [-0.3, -0.25) is 4.90 Å². The van der Waals surface area contributed by atoms with Gasteiger partial charge in [-0.2, -0.15) is 13.2 Å². The molecule has 1 unspecified atom stereocenters. The Balaban J connectivity index is 4.30. The van der Waals surface area contributed by atoms with Crippen molar-refractivity contribution >= 4 is 0 Å². The Hall–Kier alpha value is -0.290. The van der Waals surface area contributed by atoms with Crippen LogP contribution >= 0.6 is 0 Å². The molecule has 0 aliphatic carbocycles. The minimum absolute atomic E-state index is 0.0933. The van der Waals surface area contributed by atoms with Gasteiger partial charge >= 0.3 is 6.18 Å². The molecule has 0 aromatic heterocycles. The number of nitrogens with one attached hydrogen (secondary N) is 1. The third-order valence-electron chi connectivity index (χ3n) is 2.93. The van der Waals surface area contributed by atoms with E-state index in [0.717, 1.165) is 32.4 Å². The Bertz CT molecular complexity index is 219. The molecule has 0 aromatic carbocycles. The minimum Gasteiger partial charge on any atom is -0.316 e. The maximum absolute atomic E-state index is 12.3. The van der Waals surface area contributed by atoms with Crippen molar-refractivity contribution in [2.24, 2.45) is 5.41 Å². The summed E-state index contributed by atoms with van der Waals surface area (Å²) < 4.78 is 36.9. The Labute approximate surface area is 109 Å². The second-order valence-electron chi connectivity index (χ2n) is 5.52. The summed E-state index contributed by atoms with van der Waals surface area (Å²) in [5, 5.41) is 3.32. The van der Waals surface area contributed by atoms with E-state index in [0.29, 0.717) is 6.54 Å². The molecule has 110 valence electrons. The van der Waals surface area contributed by atoms with Crippen LogP contribution in [0, 0.1) is 5.41 Å². The van der Waals surface area contributed by atoms with Crippen molar-refractivity contribution < 1.29 is 13.2 Å². The first-order chi connectivity index (χ1) is 8.22. The van der Waals surface area contributed by atoms with Crippen LogP contribution in [0.4, 0.5) is 13.2 Å². The lowest BCUT2D eigenvalue weighted by Gasteiger charge is -2.34. The third kappa shape index (κ3) is 8.75. The van der Waals surface area contributed by atoms with Gasteiger partial charge in [0.2, 0.25) is 0 Å². The van der Waals surface area contributed by atoms with Gasteiger partial charge in [-0.05, 0) is 31.8 Å². The van der Waals surface area contributed by atoms with E-state index in [1.54, 1.807) is 7.05 Å². The molecular weight excluding hydrogens is 241 g/mol. The summed E-state index contributed by atoms with van der Waals surface area (Å²) in [6, 6.07) is 0. The molecule has 0 saturated carbocycles. The fraction of sp³-hybridized carbons (Fsp3) is 1.00. The Morgan fingerprint density at radius 3 is 2.11 bits per heavy atom. The van der Waals surface area contributed by atoms with Crippen molar-refractivity contribution in [3.63, 3.8) is 0 Å². The average molecular weight is 268 g/mol. The van der Waals surface area contributed by atoms with Crippen LogP contribution in [0.5, 0.6) is 0 Å². The number of alkyl halides is 3. The van der Waals surface area contributed by atoms with Crippen LogP contribution in [0.25, 0.3) is 0 Å². The van der Waals surface area contributed by atoms with Crippen LogP contribution in [-0.4, -0.2) is 44.3 Å². The number of hydrogen-bond donors (Lipinski definition) is 1. The molecule has 2 nitrogen and oxygen atoms in total. The SMILES string of the molecule is CCCNCC(C)(CCC)CN(C)CC(F)(F)F. The maximum atomic E-state index is 12.3. The Morgan fingerprint density at radius 2 is 1.67 bits per heavy atom. The van der Waals surface area contributed by atoms with Gasteiger partial charge in [-0.15, -0.1) is 0 Å². The number of nitrogens with zero attached hydrogens (tertiary/aromatic N) is 1. The van der Waals surface area contributed by atoms with Crippen molar-refractivity contribution in [2.45, 2.75) is 46.2 Å². The molecule has 18 heavy (non-hydrogen) atoms. The molecule has 1 atom stereocenters. The third-order valence-corrected chi connectivity index (χ3v) is 2.93. The summed E-state index contributed by atoms with van der Waals surface area (Å²) >= 11 is 0. The molecule has 0 radical (unpaired) electrons. The molecule has 0 fully saturated rings. The zero-order valence-electron chi connectivity index (χ0n) is 12.0. The number of rotatable bonds is 9. The molecule has 0 spiro atoms. The molecule has 0 rings (SSSR count). The van der Waals surface area contributed by atoms with Gasteiger partial charge in [0.05, 0.1) is 6.54 Å². The Kier molecular flexibility index (Phi) is 7.87. The molecule has 0 bridgehead atoms. The van der Waals surface area contributed by atoms with Crippen molar-refractivity contribution in [1.29, 1.82) is 0 Å². The summed E-state index contributed by atoms with van der Waals surface area (Å²) in [6.07, 6.45) is -1.14. The number of halogens is 3. The van der Waals surface area contributed by atoms with Gasteiger partial charge < -0.3 is 5.32 Å². The van der Waals surface area contributed by atoms with E-state index in [2.05, 4.69) is 26.1 Å². The zero-order valence-corrected chi connectivity index (χ0v) is 12.0. The quantitative estimate of drug-likeness (QED) is 0.646. The standard InChI is InChI=1S/C13H27F3N2/c1-5-7-12(3,9-17-8-6-2)10-18(4)11-13(14,15)16/h17H,5-11H2,1-4H3. The normalized spacial score (nSPS) is 16.0. The minimum atomic E-state index is -4.11. The van der Waals surface area contributed by atoms with Crippen LogP contribution in [0.15, 0.2) is 0 Å². The lowest BCUT2D eigenvalue weighted by Crippen LogP contribution is -2.43. The molecule has 1 N–H and O–H groups in total. The van der Waals surface area contributed by atoms with E-state index in [1.807, 2.05) is 0 Å². The van der Waals surface area contributed by atoms with E-state index in [-0.39, 0.29) is 5.41 Å². The van der Waals surface area contributed by atoms with Gasteiger partial charge in [-0.1, -0.05) is 27.2 Å². The van der Waals surface area contributed by atoms with Crippen LogP contribution < -0.4 is 5.32 Å². The summed E-state index contributed by atoms with van der Waals surface area (Å²) in [5.41, 5.74) is -0.0933. The van der Waals surface area contributed by atoms with E-state index in [9.17, 15) is 13.2 Å². The topological polar surface area (TPSA) is 15.3 Å². The highest BCUT2D eigenvalue weighted by Gasteiger charge is 2.32. The summed E-state index contributed by atoms with van der Waals surface area (Å²) in [7, 11) is 1.54. The molecular formula is C13H27F3N2. The van der Waals surface area contributed by atoms with Gasteiger partial charge in [0.15, 0.2) is 0 Å². The van der Waals surface area contributed by atoms with Crippen LogP contribution in [0.3, 0.4) is 0 Å². The first-order valence-electron chi connectivity index (χ1n) is 6.68. The lowest BCUT2D eigenvalue weighted by molar-refractivity contribution is -0.145. The van der Waals surface area contributed by atoms with E-state index in [4.69, 9.17) is 0 Å². The molecule has 0 aliphatic rings. The second-order valence-corrected chi connectivity index (χ2v) is 5.52. The average Bonchev–Trinajstić information content (AvgIpc) is 2.14. The molecule has 0 aliphatic heterocycles. The van der Waals surface area contributed by atoms with Crippen molar-refractivity contribution in [2.75, 3.05) is 33.2 Å². The second kappa shape index (κ2) is 8.00. The first-order valence-corrected chi connectivity index (χ1v) is 6.68. The van der Waals surface area contributed by atoms with Gasteiger partial charge in [-0.25, -0.2) is 0 Å². The largest absolute Gasteiger partial charge is 0.401 e. The highest BCUT2D eigenvalue weighted by molar-refractivity contribution is 4.80. The van der Waals surface area contributed by atoms with Gasteiger partial charge in [0, 0.05) is 13.1 Å². The fourth-order valence-corrected chi connectivity index (χ4v) is 2.41. The molecule has 5 heteroatoms. The predicted octanol–water partition coefficient (Wildman–Crippen LogP) is 3.29. The lowest BCUT2D eigenvalue weighted by atomic mass is 9.85. The highest BCUT2D eigenvalue weighted by atomic mass is 19.4. The van der Waals surface area contributed by atoms with Gasteiger partial charge in [0.1, 0.15) is 0 Å². The number of hydrogen-bond acceptors (Lipinski definition) is 2. The van der Waals surface area contributed by atoms with E-state index in [1.165, 1.54) is 4.90 Å². The molecule has 0 amide bonds. The van der Waals surface area contributed by atoms with Crippen molar-refractivity contribution in [3.05, 3.63) is 0 Å².